The van der Waals surface area contributed by atoms with Crippen LogP contribution in [0, 0.1) is 0 Å². The number of rotatable bonds is 6. The molecular formula is C20H27N3O2S. The number of carbonyl (C=O) groups is 1. The van der Waals surface area contributed by atoms with Crippen LogP contribution in [0.3, 0.4) is 0 Å². The van der Waals surface area contributed by atoms with Crippen molar-refractivity contribution in [1.29, 1.82) is 0 Å². The molecule has 3 rings (SSSR count). The first kappa shape index (κ1) is 18.8. The van der Waals surface area contributed by atoms with Crippen LogP contribution in [0.5, 0.6) is 5.75 Å². The van der Waals surface area contributed by atoms with Gasteiger partial charge in [-0.05, 0) is 44.0 Å². The Morgan fingerprint density at radius 3 is 2.62 bits per heavy atom. The molecule has 0 radical (unpaired) electrons. The lowest BCUT2D eigenvalue weighted by Crippen LogP contribution is -2.42. The highest BCUT2D eigenvalue weighted by molar-refractivity contribution is 8.00. The first-order valence-corrected chi connectivity index (χ1v) is 10.1. The standard InChI is InChI=1S/C20H27N3O2S/c1-15(19(24)22(2)16-7-5-4-6-8-16)26-20-21-13-14-23(20)17-9-11-18(25-3)12-10-17/h9-16H,4-8H2,1-3H3. The molecule has 5 nitrogen and oxygen atoms in total. The van der Waals surface area contributed by atoms with Crippen molar-refractivity contribution < 1.29 is 9.53 Å². The van der Waals surface area contributed by atoms with E-state index in [2.05, 4.69) is 4.98 Å². The molecule has 1 aliphatic carbocycles. The molecule has 1 amide bonds. The quantitative estimate of drug-likeness (QED) is 0.714. The molecule has 0 bridgehead atoms. The molecule has 1 aliphatic rings. The number of ether oxygens (including phenoxy) is 1. The van der Waals surface area contributed by atoms with Crippen LogP contribution in [0.25, 0.3) is 5.69 Å². The van der Waals surface area contributed by atoms with E-state index < -0.39 is 0 Å². The fraction of sp³-hybridized carbons (Fsp3) is 0.500. The molecular weight excluding hydrogens is 346 g/mol. The first-order valence-electron chi connectivity index (χ1n) is 9.21. The van der Waals surface area contributed by atoms with E-state index in [4.69, 9.17) is 4.74 Å². The Hall–Kier alpha value is -1.95. The van der Waals surface area contributed by atoms with E-state index in [1.807, 2.05) is 53.9 Å². The van der Waals surface area contributed by atoms with Gasteiger partial charge in [0.05, 0.1) is 12.4 Å². The number of thioether (sulfide) groups is 1. The van der Waals surface area contributed by atoms with E-state index in [0.29, 0.717) is 6.04 Å². The summed E-state index contributed by atoms with van der Waals surface area (Å²) in [7, 11) is 3.61. The summed E-state index contributed by atoms with van der Waals surface area (Å²) in [6.45, 7) is 1.97. The van der Waals surface area contributed by atoms with Crippen LogP contribution >= 0.6 is 11.8 Å². The van der Waals surface area contributed by atoms with Gasteiger partial charge in [0.25, 0.3) is 0 Å². The predicted molar refractivity (Wildman–Crippen MR) is 105 cm³/mol. The number of hydrogen-bond donors (Lipinski definition) is 0. The van der Waals surface area contributed by atoms with Crippen molar-refractivity contribution in [2.75, 3.05) is 14.2 Å². The second kappa shape index (κ2) is 8.62. The molecule has 0 N–H and O–H groups in total. The van der Waals surface area contributed by atoms with Gasteiger partial charge in [0.15, 0.2) is 5.16 Å². The summed E-state index contributed by atoms with van der Waals surface area (Å²) in [5.74, 6) is 1.01. The second-order valence-electron chi connectivity index (χ2n) is 6.78. The van der Waals surface area contributed by atoms with Crippen LogP contribution in [-0.2, 0) is 4.79 Å². The van der Waals surface area contributed by atoms with Crippen molar-refractivity contribution in [3.8, 4) is 11.4 Å². The number of carbonyl (C=O) groups excluding carboxylic acids is 1. The lowest BCUT2D eigenvalue weighted by Gasteiger charge is -2.32. The van der Waals surface area contributed by atoms with Gasteiger partial charge in [-0.1, -0.05) is 31.0 Å². The zero-order valence-corrected chi connectivity index (χ0v) is 16.5. The van der Waals surface area contributed by atoms with Gasteiger partial charge >= 0.3 is 0 Å². The Bertz CT molecular complexity index is 723. The predicted octanol–water partition coefficient (Wildman–Crippen LogP) is 4.15. The zero-order chi connectivity index (χ0) is 18.5. The maximum absolute atomic E-state index is 12.9. The Morgan fingerprint density at radius 1 is 1.27 bits per heavy atom. The normalized spacial score (nSPS) is 16.3. The van der Waals surface area contributed by atoms with Crippen molar-refractivity contribution in [3.05, 3.63) is 36.7 Å². The third-order valence-corrected chi connectivity index (χ3v) is 6.13. The molecule has 140 valence electrons. The largest absolute Gasteiger partial charge is 0.497 e. The fourth-order valence-corrected chi connectivity index (χ4v) is 4.44. The number of benzene rings is 1. The lowest BCUT2D eigenvalue weighted by atomic mass is 9.94. The summed E-state index contributed by atoms with van der Waals surface area (Å²) >= 11 is 1.51. The number of aromatic nitrogens is 2. The molecule has 1 heterocycles. The SMILES string of the molecule is COc1ccc(-n2ccnc2SC(C)C(=O)N(C)C2CCCCC2)cc1. The van der Waals surface area contributed by atoms with E-state index >= 15 is 0 Å². The summed E-state index contributed by atoms with van der Waals surface area (Å²) in [5.41, 5.74) is 1.01. The van der Waals surface area contributed by atoms with Crippen LogP contribution < -0.4 is 4.74 Å². The highest BCUT2D eigenvalue weighted by Gasteiger charge is 2.27. The number of amides is 1. The Kier molecular flexibility index (Phi) is 6.25. The summed E-state index contributed by atoms with van der Waals surface area (Å²) in [5, 5.41) is 0.661. The van der Waals surface area contributed by atoms with Crippen LogP contribution in [-0.4, -0.2) is 45.8 Å². The minimum Gasteiger partial charge on any atom is -0.497 e. The van der Waals surface area contributed by atoms with Crippen LogP contribution in [0.4, 0.5) is 0 Å². The molecule has 1 saturated carbocycles. The van der Waals surface area contributed by atoms with Gasteiger partial charge in [0, 0.05) is 31.2 Å². The number of hydrogen-bond acceptors (Lipinski definition) is 4. The third-order valence-electron chi connectivity index (χ3n) is 5.06. The van der Waals surface area contributed by atoms with Gasteiger partial charge < -0.3 is 9.64 Å². The van der Waals surface area contributed by atoms with Crippen LogP contribution in [0.1, 0.15) is 39.0 Å². The zero-order valence-electron chi connectivity index (χ0n) is 15.7. The summed E-state index contributed by atoms with van der Waals surface area (Å²) < 4.78 is 7.22. The molecule has 1 aromatic carbocycles. The topological polar surface area (TPSA) is 47.4 Å². The third kappa shape index (κ3) is 4.23. The molecule has 0 saturated heterocycles. The molecule has 0 aliphatic heterocycles. The Morgan fingerprint density at radius 2 is 1.96 bits per heavy atom. The average molecular weight is 374 g/mol. The minimum absolute atomic E-state index is 0.165. The van der Waals surface area contributed by atoms with E-state index in [-0.39, 0.29) is 11.2 Å². The molecule has 0 spiro atoms. The van der Waals surface area contributed by atoms with Crippen molar-refractivity contribution in [2.24, 2.45) is 0 Å². The second-order valence-corrected chi connectivity index (χ2v) is 8.09. The minimum atomic E-state index is -0.165. The van der Waals surface area contributed by atoms with Gasteiger partial charge in [-0.25, -0.2) is 4.98 Å². The smallest absolute Gasteiger partial charge is 0.235 e. The lowest BCUT2D eigenvalue weighted by molar-refractivity contribution is -0.131. The van der Waals surface area contributed by atoms with Crippen molar-refractivity contribution in [1.82, 2.24) is 14.5 Å². The van der Waals surface area contributed by atoms with E-state index in [1.165, 1.54) is 31.0 Å². The number of nitrogens with zero attached hydrogens (tertiary/aromatic N) is 3. The first-order chi connectivity index (χ1) is 12.6. The summed E-state index contributed by atoms with van der Waals surface area (Å²) in [6.07, 6.45) is 9.69. The van der Waals surface area contributed by atoms with Crippen molar-refractivity contribution in [2.45, 2.75) is 55.5 Å². The van der Waals surface area contributed by atoms with Gasteiger partial charge in [0.2, 0.25) is 5.91 Å². The number of methoxy groups -OCH3 is 1. The highest BCUT2D eigenvalue weighted by atomic mass is 32.2. The average Bonchev–Trinajstić information content (AvgIpc) is 3.15. The van der Waals surface area contributed by atoms with Crippen LogP contribution in [0.2, 0.25) is 0 Å². The Balaban J connectivity index is 1.68. The van der Waals surface area contributed by atoms with Crippen molar-refractivity contribution in [3.63, 3.8) is 0 Å². The van der Waals surface area contributed by atoms with E-state index in [0.717, 1.165) is 29.4 Å². The molecule has 6 heteroatoms. The summed E-state index contributed by atoms with van der Waals surface area (Å²) in [6, 6.07) is 8.22. The summed E-state index contributed by atoms with van der Waals surface area (Å²) in [4.78, 5) is 19.3. The molecule has 26 heavy (non-hydrogen) atoms. The van der Waals surface area contributed by atoms with E-state index in [9.17, 15) is 4.79 Å². The molecule has 1 aromatic heterocycles. The maximum Gasteiger partial charge on any atom is 0.235 e. The van der Waals surface area contributed by atoms with E-state index in [1.54, 1.807) is 13.3 Å². The van der Waals surface area contributed by atoms with Gasteiger partial charge in [-0.15, -0.1) is 0 Å². The highest BCUT2D eigenvalue weighted by Crippen LogP contribution is 2.28. The number of imidazole rings is 1. The molecule has 1 fully saturated rings. The molecule has 1 atom stereocenters. The molecule has 1 unspecified atom stereocenters. The van der Waals surface area contributed by atoms with Crippen molar-refractivity contribution >= 4 is 17.7 Å². The van der Waals surface area contributed by atoms with Crippen LogP contribution in [0.15, 0.2) is 41.8 Å². The monoisotopic (exact) mass is 373 g/mol. The Labute approximate surface area is 159 Å². The molecule has 2 aromatic rings. The van der Waals surface area contributed by atoms with Gasteiger partial charge in [-0.3, -0.25) is 9.36 Å². The van der Waals surface area contributed by atoms with Gasteiger partial charge in [0.1, 0.15) is 5.75 Å². The van der Waals surface area contributed by atoms with Gasteiger partial charge in [-0.2, -0.15) is 0 Å². The fourth-order valence-electron chi connectivity index (χ4n) is 3.46. The maximum atomic E-state index is 12.9.